The number of carbonyl (C=O) groups is 1. The fourth-order valence-corrected chi connectivity index (χ4v) is 4.15. The average molecular weight is 407 g/mol. The lowest BCUT2D eigenvalue weighted by molar-refractivity contribution is -0.148. The number of fused-ring (bicyclic) bond motifs is 1. The van der Waals surface area contributed by atoms with E-state index in [4.69, 9.17) is 21.4 Å². The minimum atomic E-state index is -0.427. The van der Waals surface area contributed by atoms with Gasteiger partial charge in [-0.3, -0.25) is 9.78 Å². The molecule has 28 heavy (non-hydrogen) atoms. The third-order valence-corrected chi connectivity index (χ3v) is 5.84. The molecule has 1 aliphatic heterocycles. The second-order valence-corrected chi connectivity index (χ2v) is 8.00. The highest BCUT2D eigenvalue weighted by Crippen LogP contribution is 2.36. The molecular weight excluding hydrogens is 380 g/mol. The quantitative estimate of drug-likeness (QED) is 0.736. The van der Waals surface area contributed by atoms with Crippen molar-refractivity contribution in [3.8, 4) is 0 Å². The summed E-state index contributed by atoms with van der Waals surface area (Å²) in [6, 6.07) is 2.14. The Labute approximate surface area is 169 Å². The lowest BCUT2D eigenvalue weighted by Crippen LogP contribution is -2.50. The van der Waals surface area contributed by atoms with Crippen molar-refractivity contribution in [2.75, 3.05) is 26.3 Å². The molecule has 2 aliphatic rings. The van der Waals surface area contributed by atoms with Crippen LogP contribution >= 0.6 is 11.6 Å². The van der Waals surface area contributed by atoms with Crippen LogP contribution in [0.4, 0.5) is 0 Å². The fourth-order valence-electron chi connectivity index (χ4n) is 3.88. The third-order valence-electron chi connectivity index (χ3n) is 5.54. The monoisotopic (exact) mass is 406 g/mol. The molecule has 0 unspecified atom stereocenters. The van der Waals surface area contributed by atoms with E-state index < -0.39 is 6.10 Å². The van der Waals surface area contributed by atoms with E-state index in [2.05, 4.69) is 10.3 Å². The second kappa shape index (κ2) is 8.37. The van der Waals surface area contributed by atoms with Gasteiger partial charge in [-0.25, -0.2) is 0 Å². The van der Waals surface area contributed by atoms with Crippen molar-refractivity contribution in [2.24, 2.45) is 0 Å². The van der Waals surface area contributed by atoms with Crippen LogP contribution in [0.2, 0.25) is 5.02 Å². The topological polar surface area (TPSA) is 79.6 Å². The van der Waals surface area contributed by atoms with E-state index in [9.17, 15) is 4.79 Å². The molecular formula is C20H27ClN4O3. The smallest absolute Gasteiger partial charge is 0.253 e. The zero-order valence-corrected chi connectivity index (χ0v) is 16.9. The molecule has 2 atom stereocenters. The number of carbonyl (C=O) groups excluding carboxylic acids is 1. The maximum atomic E-state index is 13.1. The second-order valence-electron chi connectivity index (χ2n) is 7.59. The molecule has 2 N–H and O–H groups in total. The number of nitrogens with zero attached hydrogens (tertiary/aromatic N) is 3. The Kier molecular flexibility index (Phi) is 5.87. The predicted octanol–water partition coefficient (Wildman–Crippen LogP) is 2.11. The maximum absolute atomic E-state index is 13.1. The molecule has 8 heteroatoms. The van der Waals surface area contributed by atoms with E-state index in [1.807, 2.05) is 28.7 Å². The summed E-state index contributed by atoms with van der Waals surface area (Å²) in [7, 11) is 0. The summed E-state index contributed by atoms with van der Waals surface area (Å²) in [6.07, 6.45) is 5.94. The van der Waals surface area contributed by atoms with Gasteiger partial charge in [0.2, 0.25) is 0 Å². The van der Waals surface area contributed by atoms with E-state index in [0.29, 0.717) is 31.1 Å². The molecule has 0 aromatic carbocycles. The van der Waals surface area contributed by atoms with Gasteiger partial charge < -0.3 is 24.6 Å². The van der Waals surface area contributed by atoms with E-state index in [-0.39, 0.29) is 24.6 Å². The first-order valence-electron chi connectivity index (χ1n) is 9.99. The number of aliphatic hydroxyl groups is 1. The molecule has 1 saturated carbocycles. The zero-order chi connectivity index (χ0) is 19.7. The van der Waals surface area contributed by atoms with Crippen LogP contribution in [0.25, 0.3) is 10.9 Å². The maximum Gasteiger partial charge on any atom is 0.253 e. The first-order chi connectivity index (χ1) is 13.6. The van der Waals surface area contributed by atoms with E-state index in [1.54, 1.807) is 6.20 Å². The Bertz CT molecular complexity index is 845. The number of rotatable bonds is 7. The summed E-state index contributed by atoms with van der Waals surface area (Å²) >= 11 is 6.35. The van der Waals surface area contributed by atoms with Gasteiger partial charge in [-0.05, 0) is 32.3 Å². The highest BCUT2D eigenvalue weighted by Gasteiger charge is 2.40. The molecule has 7 nitrogen and oxygen atoms in total. The fraction of sp³-hybridized carbons (Fsp3) is 0.600. The van der Waals surface area contributed by atoms with Crippen molar-refractivity contribution in [3.05, 3.63) is 29.2 Å². The number of morpholine rings is 1. The number of pyridine rings is 1. The van der Waals surface area contributed by atoms with Crippen LogP contribution in [0.3, 0.4) is 0 Å². The molecule has 0 spiro atoms. The van der Waals surface area contributed by atoms with Gasteiger partial charge in [-0.15, -0.1) is 0 Å². The lowest BCUT2D eigenvalue weighted by atomic mass is 10.1. The highest BCUT2D eigenvalue weighted by atomic mass is 35.5. The molecule has 3 heterocycles. The van der Waals surface area contributed by atoms with Gasteiger partial charge in [0, 0.05) is 50.1 Å². The highest BCUT2D eigenvalue weighted by molar-refractivity contribution is 6.35. The Morgan fingerprint density at radius 1 is 1.54 bits per heavy atom. The molecule has 1 saturated heterocycles. The van der Waals surface area contributed by atoms with Gasteiger partial charge >= 0.3 is 0 Å². The number of hydrogen-bond donors (Lipinski definition) is 2. The van der Waals surface area contributed by atoms with Crippen LogP contribution in [0.1, 0.15) is 37.9 Å². The molecule has 0 radical (unpaired) electrons. The summed E-state index contributed by atoms with van der Waals surface area (Å²) in [6.45, 7) is 4.75. The average Bonchev–Trinajstić information content (AvgIpc) is 3.51. The SMILES string of the molecule is C[C@H](c1cc2c(cn1)c(Cl)cn2CCCO)N(C(=O)[C@H]1CNCCO1)C1CC1. The summed E-state index contributed by atoms with van der Waals surface area (Å²) in [5, 5.41) is 13.9. The molecule has 4 rings (SSSR count). The molecule has 2 aromatic rings. The summed E-state index contributed by atoms with van der Waals surface area (Å²) < 4.78 is 7.75. The molecule has 152 valence electrons. The molecule has 0 bridgehead atoms. The number of aromatic nitrogens is 2. The molecule has 1 aliphatic carbocycles. The van der Waals surface area contributed by atoms with Crippen LogP contribution in [0, 0.1) is 0 Å². The number of amides is 1. The van der Waals surface area contributed by atoms with Gasteiger partial charge in [0.15, 0.2) is 0 Å². The Hall–Kier alpha value is -1.67. The van der Waals surface area contributed by atoms with Crippen molar-refractivity contribution in [2.45, 2.75) is 50.9 Å². The van der Waals surface area contributed by atoms with E-state index in [0.717, 1.165) is 36.0 Å². The standard InChI is InChI=1S/C20H27ClN4O3/c1-13(25(14-3-4-14)20(27)19-11-22-5-8-28-19)17-9-18-15(10-23-17)16(21)12-24(18)6-2-7-26/h9-10,12-14,19,22,26H,2-8,11H2,1H3/t13-,19-/m1/s1. The van der Waals surface area contributed by atoms with Crippen LogP contribution in [-0.4, -0.2) is 63.9 Å². The summed E-state index contributed by atoms with van der Waals surface area (Å²) in [4.78, 5) is 19.7. The Morgan fingerprint density at radius 2 is 2.36 bits per heavy atom. The van der Waals surface area contributed by atoms with Crippen molar-refractivity contribution in [1.29, 1.82) is 0 Å². The largest absolute Gasteiger partial charge is 0.396 e. The zero-order valence-electron chi connectivity index (χ0n) is 16.1. The van der Waals surface area contributed by atoms with Gasteiger partial charge in [0.05, 0.1) is 28.9 Å². The predicted molar refractivity (Wildman–Crippen MR) is 107 cm³/mol. The van der Waals surface area contributed by atoms with E-state index >= 15 is 0 Å². The minimum absolute atomic E-state index is 0.0396. The number of halogens is 1. The summed E-state index contributed by atoms with van der Waals surface area (Å²) in [5.74, 6) is 0.0396. The Morgan fingerprint density at radius 3 is 3.04 bits per heavy atom. The Balaban J connectivity index is 1.62. The van der Waals surface area contributed by atoms with Gasteiger partial charge in [0.25, 0.3) is 5.91 Å². The first-order valence-corrected chi connectivity index (χ1v) is 10.4. The minimum Gasteiger partial charge on any atom is -0.396 e. The number of ether oxygens (including phenoxy) is 1. The summed E-state index contributed by atoms with van der Waals surface area (Å²) in [5.41, 5.74) is 1.82. The molecule has 2 fully saturated rings. The molecule has 1 amide bonds. The number of nitrogens with one attached hydrogen (secondary N) is 1. The first kappa shape index (κ1) is 19.6. The van der Waals surface area contributed by atoms with Gasteiger partial charge in [-0.1, -0.05) is 11.6 Å². The van der Waals surface area contributed by atoms with Crippen molar-refractivity contribution >= 4 is 28.4 Å². The van der Waals surface area contributed by atoms with Gasteiger partial charge in [0.1, 0.15) is 6.10 Å². The number of hydrogen-bond acceptors (Lipinski definition) is 5. The van der Waals surface area contributed by atoms with Crippen LogP contribution in [-0.2, 0) is 16.1 Å². The van der Waals surface area contributed by atoms with Crippen molar-refractivity contribution < 1.29 is 14.6 Å². The van der Waals surface area contributed by atoms with Crippen LogP contribution in [0.5, 0.6) is 0 Å². The van der Waals surface area contributed by atoms with Crippen molar-refractivity contribution in [1.82, 2.24) is 19.8 Å². The molecule has 2 aromatic heterocycles. The number of aryl methyl sites for hydroxylation is 1. The normalized spacial score (nSPS) is 21.0. The van der Waals surface area contributed by atoms with E-state index in [1.165, 1.54) is 0 Å². The third kappa shape index (κ3) is 3.89. The lowest BCUT2D eigenvalue weighted by Gasteiger charge is -2.34. The van der Waals surface area contributed by atoms with Gasteiger partial charge in [-0.2, -0.15) is 0 Å². The van der Waals surface area contributed by atoms with Crippen molar-refractivity contribution in [3.63, 3.8) is 0 Å². The van der Waals surface area contributed by atoms with Crippen LogP contribution in [0.15, 0.2) is 18.5 Å². The van der Waals surface area contributed by atoms with Crippen LogP contribution < -0.4 is 5.32 Å². The number of aliphatic hydroxyl groups excluding tert-OH is 1.